The molecule has 1 aromatic carbocycles. The Kier molecular flexibility index (Phi) is 5.83. The van der Waals surface area contributed by atoms with Crippen molar-refractivity contribution in [2.75, 3.05) is 26.2 Å². The van der Waals surface area contributed by atoms with Crippen molar-refractivity contribution in [3.8, 4) is 0 Å². The summed E-state index contributed by atoms with van der Waals surface area (Å²) < 4.78 is 5.70. The van der Waals surface area contributed by atoms with E-state index in [1.807, 2.05) is 0 Å². The molecule has 1 saturated heterocycles. The van der Waals surface area contributed by atoms with Crippen molar-refractivity contribution in [2.24, 2.45) is 5.73 Å². The Balaban J connectivity index is 1.88. The predicted octanol–water partition coefficient (Wildman–Crippen LogP) is 2.19. The molecular weight excluding hydrogens is 236 g/mol. The summed E-state index contributed by atoms with van der Waals surface area (Å²) in [7, 11) is 0. The number of hydrogen-bond donors (Lipinski definition) is 1. The third kappa shape index (κ3) is 4.30. The fourth-order valence-corrected chi connectivity index (χ4v) is 2.82. The molecular formula is C16H26N2O. The van der Waals surface area contributed by atoms with Gasteiger partial charge in [0, 0.05) is 26.2 Å². The van der Waals surface area contributed by atoms with E-state index in [-0.39, 0.29) is 0 Å². The normalized spacial score (nSPS) is 17.8. The van der Waals surface area contributed by atoms with Crippen LogP contribution < -0.4 is 5.73 Å². The van der Waals surface area contributed by atoms with Gasteiger partial charge in [-0.1, -0.05) is 24.3 Å². The molecule has 0 radical (unpaired) electrons. The van der Waals surface area contributed by atoms with Crippen molar-refractivity contribution in [3.63, 3.8) is 0 Å². The van der Waals surface area contributed by atoms with E-state index >= 15 is 0 Å². The van der Waals surface area contributed by atoms with E-state index in [9.17, 15) is 0 Å². The Bertz CT molecular complexity index is 373. The largest absolute Gasteiger partial charge is 0.378 e. The summed E-state index contributed by atoms with van der Waals surface area (Å²) in [5, 5.41) is 0. The molecule has 0 bridgehead atoms. The van der Waals surface area contributed by atoms with E-state index < -0.39 is 0 Å². The van der Waals surface area contributed by atoms with Crippen molar-refractivity contribution < 1.29 is 4.74 Å². The fourth-order valence-electron chi connectivity index (χ4n) is 2.82. The first-order chi connectivity index (χ1) is 9.33. The number of nitrogens with zero attached hydrogens (tertiary/aromatic N) is 1. The van der Waals surface area contributed by atoms with E-state index in [1.165, 1.54) is 11.1 Å². The van der Waals surface area contributed by atoms with Crippen molar-refractivity contribution in [2.45, 2.75) is 38.8 Å². The summed E-state index contributed by atoms with van der Waals surface area (Å²) in [4.78, 5) is 2.53. The van der Waals surface area contributed by atoms with Crippen LogP contribution in [0.3, 0.4) is 0 Å². The Morgan fingerprint density at radius 1 is 1.21 bits per heavy atom. The Morgan fingerprint density at radius 2 is 1.89 bits per heavy atom. The quantitative estimate of drug-likeness (QED) is 0.854. The minimum absolute atomic E-state index is 0.473. The van der Waals surface area contributed by atoms with Gasteiger partial charge in [0.15, 0.2) is 0 Å². The van der Waals surface area contributed by atoms with Crippen LogP contribution in [-0.2, 0) is 17.7 Å². The lowest BCUT2D eigenvalue weighted by Crippen LogP contribution is -2.36. The molecule has 3 heteroatoms. The maximum Gasteiger partial charge on any atom is 0.0599 e. The fraction of sp³-hybridized carbons (Fsp3) is 0.625. The number of likely N-dealkylation sites (tertiary alicyclic amines) is 1. The Labute approximate surface area is 116 Å². The van der Waals surface area contributed by atoms with Gasteiger partial charge in [0.1, 0.15) is 0 Å². The maximum absolute atomic E-state index is 5.70. The standard InChI is InChI=1S/C16H26N2O/c1-2-19-16-8-11-18(12-9-16)13-15-6-4-3-5-14(15)7-10-17/h3-6,16H,2,7-13,17H2,1H3. The van der Waals surface area contributed by atoms with Gasteiger partial charge in [0.05, 0.1) is 6.10 Å². The van der Waals surface area contributed by atoms with Crippen LogP contribution in [0.4, 0.5) is 0 Å². The first-order valence-corrected chi connectivity index (χ1v) is 7.44. The van der Waals surface area contributed by atoms with Crippen LogP contribution in [0.2, 0.25) is 0 Å². The topological polar surface area (TPSA) is 38.5 Å². The molecule has 3 nitrogen and oxygen atoms in total. The van der Waals surface area contributed by atoms with Crippen LogP contribution in [0, 0.1) is 0 Å². The highest BCUT2D eigenvalue weighted by Gasteiger charge is 2.19. The van der Waals surface area contributed by atoms with Gasteiger partial charge < -0.3 is 10.5 Å². The number of piperidine rings is 1. The van der Waals surface area contributed by atoms with Gasteiger partial charge in [-0.2, -0.15) is 0 Å². The van der Waals surface area contributed by atoms with E-state index in [1.54, 1.807) is 0 Å². The number of nitrogens with two attached hydrogens (primary N) is 1. The molecule has 1 aliphatic rings. The van der Waals surface area contributed by atoms with Crippen LogP contribution in [0.5, 0.6) is 0 Å². The van der Waals surface area contributed by atoms with Crippen molar-refractivity contribution in [1.82, 2.24) is 4.90 Å². The van der Waals surface area contributed by atoms with Crippen LogP contribution in [-0.4, -0.2) is 37.2 Å². The molecule has 0 aliphatic carbocycles. The van der Waals surface area contributed by atoms with E-state index in [4.69, 9.17) is 10.5 Å². The molecule has 0 atom stereocenters. The second kappa shape index (κ2) is 7.63. The van der Waals surface area contributed by atoms with E-state index in [0.29, 0.717) is 6.10 Å². The lowest BCUT2D eigenvalue weighted by Gasteiger charge is -2.32. The first-order valence-electron chi connectivity index (χ1n) is 7.44. The molecule has 0 amide bonds. The molecule has 0 aromatic heterocycles. The zero-order chi connectivity index (χ0) is 13.5. The average molecular weight is 262 g/mol. The molecule has 19 heavy (non-hydrogen) atoms. The van der Waals surface area contributed by atoms with Gasteiger partial charge in [-0.3, -0.25) is 4.90 Å². The molecule has 1 fully saturated rings. The van der Waals surface area contributed by atoms with Crippen molar-refractivity contribution >= 4 is 0 Å². The summed E-state index contributed by atoms with van der Waals surface area (Å²) in [6, 6.07) is 8.67. The highest BCUT2D eigenvalue weighted by atomic mass is 16.5. The molecule has 0 spiro atoms. The highest BCUT2D eigenvalue weighted by molar-refractivity contribution is 5.27. The second-order valence-corrected chi connectivity index (χ2v) is 5.24. The minimum atomic E-state index is 0.473. The predicted molar refractivity (Wildman–Crippen MR) is 79.1 cm³/mol. The minimum Gasteiger partial charge on any atom is -0.378 e. The van der Waals surface area contributed by atoms with Gasteiger partial charge in [0.2, 0.25) is 0 Å². The number of ether oxygens (including phenoxy) is 1. The summed E-state index contributed by atoms with van der Waals surface area (Å²) in [5.74, 6) is 0. The van der Waals surface area contributed by atoms with Gasteiger partial charge in [0.25, 0.3) is 0 Å². The third-order valence-corrected chi connectivity index (χ3v) is 3.86. The maximum atomic E-state index is 5.70. The lowest BCUT2D eigenvalue weighted by molar-refractivity contribution is 0.0125. The zero-order valence-corrected chi connectivity index (χ0v) is 12.0. The molecule has 1 heterocycles. The third-order valence-electron chi connectivity index (χ3n) is 3.86. The van der Waals surface area contributed by atoms with Gasteiger partial charge in [-0.05, 0) is 43.9 Å². The summed E-state index contributed by atoms with van der Waals surface area (Å²) in [6.07, 6.45) is 3.77. The summed E-state index contributed by atoms with van der Waals surface area (Å²) in [6.45, 7) is 6.97. The first kappa shape index (κ1) is 14.5. The smallest absolute Gasteiger partial charge is 0.0599 e. The lowest BCUT2D eigenvalue weighted by atomic mass is 10.0. The van der Waals surface area contributed by atoms with Crippen LogP contribution in [0.1, 0.15) is 30.9 Å². The molecule has 0 unspecified atom stereocenters. The molecule has 2 rings (SSSR count). The molecule has 2 N–H and O–H groups in total. The van der Waals surface area contributed by atoms with Gasteiger partial charge >= 0.3 is 0 Å². The number of benzene rings is 1. The van der Waals surface area contributed by atoms with Crippen molar-refractivity contribution in [1.29, 1.82) is 0 Å². The molecule has 1 aliphatic heterocycles. The number of rotatable bonds is 6. The number of hydrogen-bond acceptors (Lipinski definition) is 3. The van der Waals surface area contributed by atoms with Crippen molar-refractivity contribution in [3.05, 3.63) is 35.4 Å². The molecule has 106 valence electrons. The Morgan fingerprint density at radius 3 is 2.53 bits per heavy atom. The zero-order valence-electron chi connectivity index (χ0n) is 12.0. The van der Waals surface area contributed by atoms with Crippen LogP contribution >= 0.6 is 0 Å². The molecule has 0 saturated carbocycles. The highest BCUT2D eigenvalue weighted by Crippen LogP contribution is 2.18. The van der Waals surface area contributed by atoms with Gasteiger partial charge in [-0.25, -0.2) is 0 Å². The van der Waals surface area contributed by atoms with Gasteiger partial charge in [-0.15, -0.1) is 0 Å². The second-order valence-electron chi connectivity index (χ2n) is 5.24. The average Bonchev–Trinajstić information content (AvgIpc) is 2.44. The monoisotopic (exact) mass is 262 g/mol. The van der Waals surface area contributed by atoms with Crippen LogP contribution in [0.25, 0.3) is 0 Å². The summed E-state index contributed by atoms with van der Waals surface area (Å²) >= 11 is 0. The van der Waals surface area contributed by atoms with E-state index in [2.05, 4.69) is 36.1 Å². The Hall–Kier alpha value is -0.900. The molecule has 1 aromatic rings. The SMILES string of the molecule is CCOC1CCN(Cc2ccccc2CCN)CC1. The van der Waals surface area contributed by atoms with Crippen LogP contribution in [0.15, 0.2) is 24.3 Å². The summed E-state index contributed by atoms with van der Waals surface area (Å²) in [5.41, 5.74) is 8.52. The van der Waals surface area contributed by atoms with E-state index in [0.717, 1.165) is 52.0 Å².